The van der Waals surface area contributed by atoms with Crippen LogP contribution in [0.1, 0.15) is 51.4 Å². The maximum absolute atomic E-state index is 9.72. The van der Waals surface area contributed by atoms with Crippen molar-refractivity contribution in [3.8, 4) is 0 Å². The summed E-state index contributed by atoms with van der Waals surface area (Å²) in [6.45, 7) is 3.94. The minimum atomic E-state index is 0.200. The van der Waals surface area contributed by atoms with Crippen LogP contribution in [0.15, 0.2) is 0 Å². The largest absolute Gasteiger partial charge is 0.396 e. The highest BCUT2D eigenvalue weighted by Gasteiger charge is 2.36. The Balaban J connectivity index is 1.45. The van der Waals surface area contributed by atoms with E-state index in [1.54, 1.807) is 0 Å². The molecular formula is C15H28N2O. The summed E-state index contributed by atoms with van der Waals surface area (Å²) >= 11 is 0. The number of aliphatic hydroxyl groups excluding tert-OH is 1. The van der Waals surface area contributed by atoms with Crippen LogP contribution in [0.4, 0.5) is 0 Å². The Morgan fingerprint density at radius 3 is 2.56 bits per heavy atom. The van der Waals surface area contributed by atoms with Crippen LogP contribution in [0, 0.1) is 5.41 Å². The lowest BCUT2D eigenvalue weighted by Gasteiger charge is -2.36. The topological polar surface area (TPSA) is 35.5 Å². The van der Waals surface area contributed by atoms with Gasteiger partial charge in [-0.3, -0.25) is 4.90 Å². The van der Waals surface area contributed by atoms with Gasteiger partial charge in [0.25, 0.3) is 0 Å². The number of nitrogens with one attached hydrogen (secondary N) is 1. The first-order valence-electron chi connectivity index (χ1n) is 7.90. The van der Waals surface area contributed by atoms with E-state index in [1.807, 2.05) is 0 Å². The molecule has 0 spiro atoms. The van der Waals surface area contributed by atoms with E-state index in [4.69, 9.17) is 0 Å². The van der Waals surface area contributed by atoms with Gasteiger partial charge < -0.3 is 10.4 Å². The van der Waals surface area contributed by atoms with Crippen LogP contribution in [0.2, 0.25) is 0 Å². The molecule has 0 radical (unpaired) electrons. The summed E-state index contributed by atoms with van der Waals surface area (Å²) in [5, 5.41) is 13.5. The smallest absolute Gasteiger partial charge is 0.0499 e. The molecule has 0 aromatic heterocycles. The molecule has 3 nitrogen and oxygen atoms in total. The summed E-state index contributed by atoms with van der Waals surface area (Å²) in [5.41, 5.74) is 0.200. The van der Waals surface area contributed by atoms with E-state index in [9.17, 15) is 5.11 Å². The zero-order chi connectivity index (χ0) is 12.4. The molecule has 1 atom stereocenters. The fraction of sp³-hybridized carbons (Fsp3) is 1.00. The van der Waals surface area contributed by atoms with E-state index < -0.39 is 0 Å². The molecule has 104 valence electrons. The molecule has 3 heteroatoms. The second kappa shape index (κ2) is 5.48. The Bertz CT molecular complexity index is 272. The predicted molar refractivity (Wildman–Crippen MR) is 73.6 cm³/mol. The molecule has 0 bridgehead atoms. The van der Waals surface area contributed by atoms with Gasteiger partial charge in [-0.2, -0.15) is 0 Å². The zero-order valence-corrected chi connectivity index (χ0v) is 11.5. The maximum Gasteiger partial charge on any atom is 0.0499 e. The van der Waals surface area contributed by atoms with Gasteiger partial charge in [0.15, 0.2) is 0 Å². The molecule has 18 heavy (non-hydrogen) atoms. The fourth-order valence-corrected chi connectivity index (χ4v) is 3.78. The van der Waals surface area contributed by atoms with E-state index in [-0.39, 0.29) is 5.41 Å². The summed E-state index contributed by atoms with van der Waals surface area (Å²) in [7, 11) is 0. The molecule has 2 N–H and O–H groups in total. The van der Waals surface area contributed by atoms with Crippen molar-refractivity contribution >= 4 is 0 Å². The first-order valence-corrected chi connectivity index (χ1v) is 7.90. The molecule has 0 aromatic carbocycles. The first kappa shape index (κ1) is 12.9. The fourth-order valence-electron chi connectivity index (χ4n) is 3.78. The third-order valence-electron chi connectivity index (χ3n) is 5.30. The maximum atomic E-state index is 9.72. The molecule has 3 aliphatic rings. The monoisotopic (exact) mass is 252 g/mol. The van der Waals surface area contributed by atoms with Crippen LogP contribution in [-0.2, 0) is 0 Å². The van der Waals surface area contributed by atoms with Crippen molar-refractivity contribution in [2.45, 2.75) is 63.5 Å². The van der Waals surface area contributed by atoms with Crippen molar-refractivity contribution in [1.29, 1.82) is 0 Å². The molecular weight excluding hydrogens is 224 g/mol. The molecule has 1 aliphatic heterocycles. The molecule has 0 aromatic rings. The van der Waals surface area contributed by atoms with Gasteiger partial charge in [-0.1, -0.05) is 19.3 Å². The summed E-state index contributed by atoms with van der Waals surface area (Å²) in [4.78, 5) is 2.66. The first-order chi connectivity index (χ1) is 8.81. The van der Waals surface area contributed by atoms with Crippen molar-refractivity contribution in [3.63, 3.8) is 0 Å². The molecule has 2 aliphatic carbocycles. The van der Waals surface area contributed by atoms with Crippen molar-refractivity contribution in [2.24, 2.45) is 5.41 Å². The standard InChI is InChI=1S/C15H28N2O/c18-12-15(7-2-1-3-8-15)11-16-13-6-9-17(10-13)14-4-5-14/h13-14,16,18H,1-12H2. The Morgan fingerprint density at radius 2 is 1.89 bits per heavy atom. The highest BCUT2D eigenvalue weighted by Crippen LogP contribution is 2.36. The van der Waals surface area contributed by atoms with E-state index >= 15 is 0 Å². The number of hydrogen-bond donors (Lipinski definition) is 2. The second-order valence-corrected chi connectivity index (χ2v) is 6.81. The van der Waals surface area contributed by atoms with Gasteiger partial charge in [-0.05, 0) is 32.1 Å². The Labute approximate surface area is 111 Å². The molecule has 3 fully saturated rings. The van der Waals surface area contributed by atoms with Gasteiger partial charge in [0.1, 0.15) is 0 Å². The molecule has 2 saturated carbocycles. The van der Waals surface area contributed by atoms with Crippen molar-refractivity contribution in [2.75, 3.05) is 26.2 Å². The second-order valence-electron chi connectivity index (χ2n) is 6.81. The van der Waals surface area contributed by atoms with Crippen LogP contribution in [0.5, 0.6) is 0 Å². The SMILES string of the molecule is OCC1(CNC2CCN(C3CC3)C2)CCCCC1. The minimum absolute atomic E-state index is 0.200. The summed E-state index contributed by atoms with van der Waals surface area (Å²) in [6.07, 6.45) is 10.6. The average Bonchev–Trinajstić information content (AvgIpc) is 3.17. The van der Waals surface area contributed by atoms with Crippen LogP contribution in [0.3, 0.4) is 0 Å². The third-order valence-corrected chi connectivity index (χ3v) is 5.30. The van der Waals surface area contributed by atoms with Crippen LogP contribution >= 0.6 is 0 Å². The number of likely N-dealkylation sites (tertiary alicyclic amines) is 1. The zero-order valence-electron chi connectivity index (χ0n) is 11.5. The normalized spacial score (nSPS) is 32.8. The Hall–Kier alpha value is -0.120. The Morgan fingerprint density at radius 1 is 1.11 bits per heavy atom. The minimum Gasteiger partial charge on any atom is -0.396 e. The number of aliphatic hydroxyl groups is 1. The lowest BCUT2D eigenvalue weighted by molar-refractivity contribution is 0.0785. The Kier molecular flexibility index (Phi) is 3.92. The molecule has 1 saturated heterocycles. The van der Waals surface area contributed by atoms with Gasteiger partial charge in [0, 0.05) is 43.7 Å². The molecule has 1 unspecified atom stereocenters. The summed E-state index contributed by atoms with van der Waals surface area (Å²) in [6, 6.07) is 1.59. The summed E-state index contributed by atoms with van der Waals surface area (Å²) < 4.78 is 0. The lowest BCUT2D eigenvalue weighted by atomic mass is 9.74. The highest BCUT2D eigenvalue weighted by molar-refractivity contribution is 4.93. The third kappa shape index (κ3) is 2.89. The summed E-state index contributed by atoms with van der Waals surface area (Å²) in [5.74, 6) is 0. The molecule has 0 amide bonds. The molecule has 1 heterocycles. The van der Waals surface area contributed by atoms with Crippen molar-refractivity contribution < 1.29 is 5.11 Å². The molecule has 3 rings (SSSR count). The van der Waals surface area contributed by atoms with Gasteiger partial charge in [0.2, 0.25) is 0 Å². The van der Waals surface area contributed by atoms with Crippen LogP contribution in [-0.4, -0.2) is 48.3 Å². The van der Waals surface area contributed by atoms with Crippen molar-refractivity contribution in [3.05, 3.63) is 0 Å². The highest BCUT2D eigenvalue weighted by atomic mass is 16.3. The van der Waals surface area contributed by atoms with Gasteiger partial charge in [0.05, 0.1) is 0 Å². The number of rotatable bonds is 5. The number of hydrogen-bond acceptors (Lipinski definition) is 3. The van der Waals surface area contributed by atoms with E-state index in [0.717, 1.165) is 12.6 Å². The van der Waals surface area contributed by atoms with Gasteiger partial charge in [-0.15, -0.1) is 0 Å². The van der Waals surface area contributed by atoms with E-state index in [0.29, 0.717) is 12.6 Å². The van der Waals surface area contributed by atoms with Gasteiger partial charge >= 0.3 is 0 Å². The quantitative estimate of drug-likeness (QED) is 0.782. The van der Waals surface area contributed by atoms with E-state index in [2.05, 4.69) is 10.2 Å². The number of nitrogens with zero attached hydrogens (tertiary/aromatic N) is 1. The van der Waals surface area contributed by atoms with Gasteiger partial charge in [-0.25, -0.2) is 0 Å². The van der Waals surface area contributed by atoms with Crippen molar-refractivity contribution in [1.82, 2.24) is 10.2 Å². The van der Waals surface area contributed by atoms with E-state index in [1.165, 1.54) is 64.5 Å². The predicted octanol–water partition coefficient (Wildman–Crippen LogP) is 1.76. The van der Waals surface area contributed by atoms with Crippen LogP contribution < -0.4 is 5.32 Å². The lowest BCUT2D eigenvalue weighted by Crippen LogP contribution is -2.44. The average molecular weight is 252 g/mol. The van der Waals surface area contributed by atoms with Crippen LogP contribution in [0.25, 0.3) is 0 Å².